The molecule has 1 unspecified atom stereocenters. The Labute approximate surface area is 334 Å². The van der Waals surface area contributed by atoms with Crippen molar-refractivity contribution >= 4 is 85.1 Å². The molecule has 0 aromatic heterocycles. The Morgan fingerprint density at radius 2 is 0.789 bits per heavy atom. The van der Waals surface area contributed by atoms with Crippen LogP contribution in [-0.2, 0) is 0 Å². The molecule has 0 heterocycles. The lowest BCUT2D eigenvalue weighted by Crippen LogP contribution is -2.47. The monoisotopic (exact) mass is 730 g/mol. The van der Waals surface area contributed by atoms with E-state index in [1.165, 1.54) is 54.1 Å². The van der Waals surface area contributed by atoms with Crippen LogP contribution in [-0.4, -0.2) is 5.54 Å². The van der Waals surface area contributed by atoms with Crippen LogP contribution in [0.4, 0.5) is 28.4 Å². The SMILES string of the molecule is CC1(N(c2ccc(/C=C/c3ccc(N(c4ccc5ccccc5c4)c4ccc5ccccc5c4)cc3)cc2)c2ccc3ccccc3c2)C=c2ccccc2=CC1. The summed E-state index contributed by atoms with van der Waals surface area (Å²) >= 11 is 0. The zero-order chi connectivity index (χ0) is 38.2. The van der Waals surface area contributed by atoms with Gasteiger partial charge in [0.2, 0.25) is 0 Å². The van der Waals surface area contributed by atoms with Gasteiger partial charge in [-0.15, -0.1) is 0 Å². The summed E-state index contributed by atoms with van der Waals surface area (Å²) < 4.78 is 0. The molecule has 10 rings (SSSR count). The molecule has 0 fully saturated rings. The number of fused-ring (bicyclic) bond motifs is 4. The van der Waals surface area contributed by atoms with Gasteiger partial charge in [-0.3, -0.25) is 0 Å². The van der Waals surface area contributed by atoms with Crippen molar-refractivity contribution in [3.63, 3.8) is 0 Å². The van der Waals surface area contributed by atoms with E-state index in [0.717, 1.165) is 34.6 Å². The number of nitrogens with zero attached hydrogens (tertiary/aromatic N) is 2. The molecule has 0 N–H and O–H groups in total. The van der Waals surface area contributed by atoms with Crippen molar-refractivity contribution in [2.45, 2.75) is 18.9 Å². The van der Waals surface area contributed by atoms with Crippen LogP contribution in [0.25, 0.3) is 56.6 Å². The number of hydrogen-bond acceptors (Lipinski definition) is 2. The number of benzene rings is 9. The third-order valence-electron chi connectivity index (χ3n) is 11.5. The van der Waals surface area contributed by atoms with E-state index in [1.807, 2.05) is 0 Å². The zero-order valence-electron chi connectivity index (χ0n) is 32.0. The maximum absolute atomic E-state index is 2.51. The quantitative estimate of drug-likeness (QED) is 0.144. The standard InChI is InChI=1S/C55H42N2/c1-55(35-34-45-13-5-9-17-49(45)39-55)57(54-33-26-44-12-4-8-16-48(44)38-54)51-29-22-41(23-30-51)19-18-40-20-27-50(28-21-40)56(52-31-24-42-10-2-6-14-46(42)36-52)53-32-25-43-11-3-7-15-47(43)37-53/h2-34,36-39H,35H2,1H3/b19-18+. The number of hydrogen-bond donors (Lipinski definition) is 0. The summed E-state index contributed by atoms with van der Waals surface area (Å²) in [6.07, 6.45) is 10.2. The molecule has 0 saturated carbocycles. The molecule has 2 heteroatoms. The van der Waals surface area contributed by atoms with Crippen molar-refractivity contribution in [3.05, 3.63) is 222 Å². The molecule has 0 spiro atoms. The van der Waals surface area contributed by atoms with E-state index in [9.17, 15) is 0 Å². The van der Waals surface area contributed by atoms with Gasteiger partial charge in [-0.2, -0.15) is 0 Å². The topological polar surface area (TPSA) is 6.48 Å². The van der Waals surface area contributed by atoms with Crippen molar-refractivity contribution in [2.24, 2.45) is 0 Å². The van der Waals surface area contributed by atoms with Gasteiger partial charge in [-0.05, 0) is 128 Å². The molecule has 0 aliphatic heterocycles. The maximum atomic E-state index is 2.51. The normalized spacial score (nSPS) is 15.0. The lowest BCUT2D eigenvalue weighted by atomic mass is 9.87. The molecule has 9 aromatic rings. The zero-order valence-corrected chi connectivity index (χ0v) is 32.0. The van der Waals surface area contributed by atoms with E-state index in [1.54, 1.807) is 0 Å². The van der Waals surface area contributed by atoms with Gasteiger partial charge in [0.15, 0.2) is 0 Å². The predicted octanol–water partition coefficient (Wildman–Crippen LogP) is 13.3. The fourth-order valence-corrected chi connectivity index (χ4v) is 8.49. The Hall–Kier alpha value is -7.16. The summed E-state index contributed by atoms with van der Waals surface area (Å²) in [4.78, 5) is 4.86. The highest BCUT2D eigenvalue weighted by Crippen LogP contribution is 2.40. The van der Waals surface area contributed by atoms with E-state index in [-0.39, 0.29) is 5.54 Å². The molecule has 0 saturated heterocycles. The Kier molecular flexibility index (Phi) is 8.73. The van der Waals surface area contributed by atoms with Gasteiger partial charge in [0.1, 0.15) is 0 Å². The van der Waals surface area contributed by atoms with E-state index in [0.29, 0.717) is 0 Å². The molecule has 0 radical (unpaired) electrons. The van der Waals surface area contributed by atoms with Gasteiger partial charge in [0.05, 0.1) is 5.54 Å². The fourth-order valence-electron chi connectivity index (χ4n) is 8.49. The third kappa shape index (κ3) is 6.77. The Balaban J connectivity index is 0.957. The highest BCUT2D eigenvalue weighted by Gasteiger charge is 2.32. The molecule has 1 aliphatic carbocycles. The maximum Gasteiger partial charge on any atom is 0.0649 e. The van der Waals surface area contributed by atoms with E-state index in [4.69, 9.17) is 0 Å². The van der Waals surface area contributed by atoms with Crippen molar-refractivity contribution in [3.8, 4) is 0 Å². The van der Waals surface area contributed by atoms with Crippen molar-refractivity contribution in [2.75, 3.05) is 9.80 Å². The molecule has 1 aliphatic rings. The molecule has 1 atom stereocenters. The molecular weight excluding hydrogens is 689 g/mol. The van der Waals surface area contributed by atoms with E-state index < -0.39 is 0 Å². The summed E-state index contributed by atoms with van der Waals surface area (Å²) in [7, 11) is 0. The largest absolute Gasteiger partial charge is 0.332 e. The van der Waals surface area contributed by atoms with Gasteiger partial charge < -0.3 is 9.80 Å². The molecule has 57 heavy (non-hydrogen) atoms. The number of anilines is 5. The minimum Gasteiger partial charge on any atom is -0.332 e. The van der Waals surface area contributed by atoms with Gasteiger partial charge >= 0.3 is 0 Å². The molecule has 272 valence electrons. The second kappa shape index (κ2) is 14.5. The minimum atomic E-state index is -0.247. The van der Waals surface area contributed by atoms with Crippen LogP contribution < -0.4 is 20.2 Å². The average Bonchev–Trinajstić information content (AvgIpc) is 3.26. The molecule has 0 bridgehead atoms. The number of rotatable bonds is 8. The summed E-state index contributed by atoms with van der Waals surface area (Å²) in [5, 5.41) is 9.99. The van der Waals surface area contributed by atoms with Gasteiger partial charge in [0, 0.05) is 28.4 Å². The van der Waals surface area contributed by atoms with Crippen LogP contribution in [0.1, 0.15) is 24.5 Å². The summed E-state index contributed by atoms with van der Waals surface area (Å²) in [5.74, 6) is 0. The minimum absolute atomic E-state index is 0.247. The molecular formula is C55H42N2. The first-order valence-corrected chi connectivity index (χ1v) is 19.8. The summed E-state index contributed by atoms with van der Waals surface area (Å²) in [6, 6.07) is 72.6. The molecule has 2 nitrogen and oxygen atoms in total. The van der Waals surface area contributed by atoms with Crippen molar-refractivity contribution < 1.29 is 0 Å². The average molecular weight is 731 g/mol. The summed E-state index contributed by atoms with van der Waals surface area (Å²) in [5.41, 5.74) is 7.79. The second-order valence-electron chi connectivity index (χ2n) is 15.3. The van der Waals surface area contributed by atoms with Crippen LogP contribution in [0.2, 0.25) is 0 Å². The summed E-state index contributed by atoms with van der Waals surface area (Å²) in [6.45, 7) is 2.35. The van der Waals surface area contributed by atoms with E-state index in [2.05, 4.69) is 241 Å². The third-order valence-corrected chi connectivity index (χ3v) is 11.5. The predicted molar refractivity (Wildman–Crippen MR) is 245 cm³/mol. The van der Waals surface area contributed by atoms with Gasteiger partial charge in [-0.25, -0.2) is 0 Å². The van der Waals surface area contributed by atoms with E-state index >= 15 is 0 Å². The van der Waals surface area contributed by atoms with Crippen molar-refractivity contribution in [1.29, 1.82) is 0 Å². The van der Waals surface area contributed by atoms with Crippen LogP contribution in [0, 0.1) is 0 Å². The fraction of sp³-hybridized carbons (Fsp3) is 0.0545. The van der Waals surface area contributed by atoms with Crippen LogP contribution in [0.5, 0.6) is 0 Å². The second-order valence-corrected chi connectivity index (χ2v) is 15.3. The van der Waals surface area contributed by atoms with Crippen LogP contribution >= 0.6 is 0 Å². The first-order valence-electron chi connectivity index (χ1n) is 19.8. The first-order chi connectivity index (χ1) is 28.1. The lowest BCUT2D eigenvalue weighted by Gasteiger charge is -2.42. The molecule has 9 aromatic carbocycles. The first kappa shape index (κ1) is 34.3. The Bertz CT molecular complexity index is 2990. The van der Waals surface area contributed by atoms with Gasteiger partial charge in [-0.1, -0.05) is 164 Å². The van der Waals surface area contributed by atoms with Gasteiger partial charge in [0.25, 0.3) is 0 Å². The van der Waals surface area contributed by atoms with Crippen LogP contribution in [0.3, 0.4) is 0 Å². The molecule has 0 amide bonds. The highest BCUT2D eigenvalue weighted by atomic mass is 15.2. The van der Waals surface area contributed by atoms with Crippen molar-refractivity contribution in [1.82, 2.24) is 0 Å². The highest BCUT2D eigenvalue weighted by molar-refractivity contribution is 5.93. The smallest absolute Gasteiger partial charge is 0.0649 e. The lowest BCUT2D eigenvalue weighted by molar-refractivity contribution is 0.616. The Morgan fingerprint density at radius 1 is 0.386 bits per heavy atom. The van der Waals surface area contributed by atoms with Crippen LogP contribution in [0.15, 0.2) is 200 Å². The Morgan fingerprint density at radius 3 is 1.32 bits per heavy atom.